The fourth-order valence-electron chi connectivity index (χ4n) is 9.51. The zero-order chi connectivity index (χ0) is 49.3. The zero-order valence-corrected chi connectivity index (χ0v) is 45.9. The molecule has 0 rings (SSSR count). The van der Waals surface area contributed by atoms with E-state index in [4.69, 9.17) is 4.74 Å². The average Bonchev–Trinajstić information content (AvgIpc) is 3.34. The van der Waals surface area contributed by atoms with E-state index in [2.05, 4.69) is 31.3 Å². The smallest absolute Gasteiger partial charge is 0.305 e. The third-order valence-electron chi connectivity index (χ3n) is 14.2. The van der Waals surface area contributed by atoms with Crippen molar-refractivity contribution < 1.29 is 24.5 Å². The Kier molecular flexibility index (Phi) is 56.5. The first kappa shape index (κ1) is 66.3. The topological polar surface area (TPSA) is 95.9 Å². The van der Waals surface area contributed by atoms with Gasteiger partial charge in [-0.3, -0.25) is 9.59 Å². The molecule has 0 spiro atoms. The summed E-state index contributed by atoms with van der Waals surface area (Å²) in [6.07, 6.45) is 70.8. The number of ether oxygens (including phenoxy) is 1. The molecule has 0 fully saturated rings. The minimum atomic E-state index is -0.842. The fraction of sp³-hybridized carbons (Fsp3) is 0.903. The van der Waals surface area contributed by atoms with Crippen molar-refractivity contribution in [2.45, 2.75) is 347 Å². The molecule has 0 heterocycles. The van der Waals surface area contributed by atoms with E-state index in [1.807, 2.05) is 6.08 Å². The van der Waals surface area contributed by atoms with Crippen molar-refractivity contribution in [3.8, 4) is 0 Å². The summed E-state index contributed by atoms with van der Waals surface area (Å²) in [6.45, 7) is 4.90. The first-order valence-corrected chi connectivity index (χ1v) is 30.6. The Bertz CT molecular complexity index is 1060. The third-order valence-corrected chi connectivity index (χ3v) is 14.2. The van der Waals surface area contributed by atoms with Crippen LogP contribution in [0.25, 0.3) is 0 Å². The summed E-state index contributed by atoms with van der Waals surface area (Å²) in [4.78, 5) is 24.5. The second kappa shape index (κ2) is 57.9. The molecule has 0 saturated carbocycles. The van der Waals surface area contributed by atoms with Crippen LogP contribution in [0.5, 0.6) is 0 Å². The number of rotatable bonds is 57. The van der Waals surface area contributed by atoms with Gasteiger partial charge in [0.25, 0.3) is 0 Å². The number of allylic oxidation sites excluding steroid dienone is 3. The van der Waals surface area contributed by atoms with Crippen molar-refractivity contribution in [2.24, 2.45) is 0 Å². The van der Waals surface area contributed by atoms with Gasteiger partial charge in [-0.2, -0.15) is 0 Å². The van der Waals surface area contributed by atoms with E-state index in [9.17, 15) is 19.8 Å². The van der Waals surface area contributed by atoms with Crippen LogP contribution in [0.4, 0.5) is 0 Å². The highest BCUT2D eigenvalue weighted by Gasteiger charge is 2.18. The Morgan fingerprint density at radius 1 is 0.397 bits per heavy atom. The van der Waals surface area contributed by atoms with Gasteiger partial charge in [0, 0.05) is 12.8 Å². The minimum absolute atomic E-state index is 0.00718. The molecule has 0 aliphatic rings. The van der Waals surface area contributed by atoms with Gasteiger partial charge in [0.2, 0.25) is 5.91 Å². The highest BCUT2D eigenvalue weighted by Crippen LogP contribution is 2.17. The van der Waals surface area contributed by atoms with Crippen LogP contribution in [0.2, 0.25) is 0 Å². The molecule has 2 atom stereocenters. The molecule has 0 radical (unpaired) electrons. The maximum atomic E-state index is 12.4. The SMILES string of the molecule is CCCCCCCC/C=C\CCCCCCCC(=O)OCCCCCCCCCCCCCCCCCCCCCCCCCCC(=O)NC(CO)C(O)/C=C/CCCCCCCCCCCC. The molecule has 0 aromatic rings. The Hall–Kier alpha value is -1.66. The Morgan fingerprint density at radius 3 is 1.04 bits per heavy atom. The molecule has 402 valence electrons. The summed E-state index contributed by atoms with van der Waals surface area (Å²) in [6, 6.07) is -0.625. The van der Waals surface area contributed by atoms with Crippen molar-refractivity contribution in [3.05, 3.63) is 24.3 Å². The van der Waals surface area contributed by atoms with Gasteiger partial charge in [0.05, 0.1) is 25.4 Å². The monoisotopic (exact) mass is 958 g/mol. The number of unbranched alkanes of at least 4 members (excludes halogenated alkanes) is 44. The second-order valence-electron chi connectivity index (χ2n) is 21.0. The standard InChI is InChI=1S/C62H119NO5/c1-3-5-7-9-11-13-15-17-28-32-36-40-44-48-52-56-62(67)68-57-53-49-45-41-37-33-30-27-25-23-21-19-18-20-22-24-26-29-31-35-39-43-47-51-55-61(66)63-59(58-64)60(65)54-50-46-42-38-34-16-14-12-10-8-6-4-2/h17,28,50,54,59-60,64-65H,3-16,18-27,29-49,51-53,55-58H2,1-2H3,(H,63,66)/b28-17-,54-50+. The van der Waals surface area contributed by atoms with Crippen LogP contribution < -0.4 is 5.32 Å². The summed E-state index contributed by atoms with van der Waals surface area (Å²) in [5.74, 6) is -0.0595. The molecule has 2 unspecified atom stereocenters. The summed E-state index contributed by atoms with van der Waals surface area (Å²) in [5, 5.41) is 23.1. The average molecular weight is 959 g/mol. The molecule has 0 saturated heterocycles. The number of carbonyl (C=O) groups excluding carboxylic acids is 2. The normalized spacial score (nSPS) is 12.7. The fourth-order valence-corrected chi connectivity index (χ4v) is 9.51. The Labute approximate surface area is 424 Å². The van der Waals surface area contributed by atoms with Gasteiger partial charge >= 0.3 is 5.97 Å². The van der Waals surface area contributed by atoms with Gasteiger partial charge in [0.15, 0.2) is 0 Å². The van der Waals surface area contributed by atoms with Gasteiger partial charge in [-0.25, -0.2) is 0 Å². The summed E-state index contributed by atoms with van der Waals surface area (Å²) in [5.41, 5.74) is 0. The summed E-state index contributed by atoms with van der Waals surface area (Å²) >= 11 is 0. The molecular weight excluding hydrogens is 839 g/mol. The largest absolute Gasteiger partial charge is 0.466 e. The van der Waals surface area contributed by atoms with Crippen molar-refractivity contribution in [1.82, 2.24) is 5.32 Å². The van der Waals surface area contributed by atoms with E-state index >= 15 is 0 Å². The second-order valence-corrected chi connectivity index (χ2v) is 21.0. The van der Waals surface area contributed by atoms with Crippen LogP contribution in [0.3, 0.4) is 0 Å². The molecule has 0 bridgehead atoms. The van der Waals surface area contributed by atoms with Gasteiger partial charge < -0.3 is 20.3 Å². The van der Waals surface area contributed by atoms with Crippen LogP contribution in [0, 0.1) is 0 Å². The molecule has 6 nitrogen and oxygen atoms in total. The zero-order valence-electron chi connectivity index (χ0n) is 45.9. The van der Waals surface area contributed by atoms with Gasteiger partial charge in [-0.1, -0.05) is 289 Å². The van der Waals surface area contributed by atoms with Crippen LogP contribution in [0.15, 0.2) is 24.3 Å². The van der Waals surface area contributed by atoms with E-state index in [1.165, 1.54) is 263 Å². The number of aliphatic hydroxyl groups excluding tert-OH is 2. The molecule has 68 heavy (non-hydrogen) atoms. The molecule has 6 heteroatoms. The predicted octanol–water partition coefficient (Wildman–Crippen LogP) is 19.0. The first-order chi connectivity index (χ1) is 33.5. The molecule has 1 amide bonds. The van der Waals surface area contributed by atoms with E-state index in [1.54, 1.807) is 6.08 Å². The lowest BCUT2D eigenvalue weighted by Crippen LogP contribution is -2.45. The molecule has 0 aromatic heterocycles. The van der Waals surface area contributed by atoms with E-state index in [0.717, 1.165) is 44.9 Å². The highest BCUT2D eigenvalue weighted by atomic mass is 16.5. The number of hydrogen-bond acceptors (Lipinski definition) is 5. The maximum Gasteiger partial charge on any atom is 0.305 e. The number of carbonyl (C=O) groups is 2. The number of amides is 1. The molecular formula is C62H119NO5. The minimum Gasteiger partial charge on any atom is -0.466 e. The van der Waals surface area contributed by atoms with E-state index < -0.39 is 12.1 Å². The van der Waals surface area contributed by atoms with Gasteiger partial charge in [0.1, 0.15) is 0 Å². The summed E-state index contributed by atoms with van der Waals surface area (Å²) < 4.78 is 5.48. The Morgan fingerprint density at radius 2 is 0.691 bits per heavy atom. The number of hydrogen-bond donors (Lipinski definition) is 3. The lowest BCUT2D eigenvalue weighted by molar-refractivity contribution is -0.143. The van der Waals surface area contributed by atoms with Crippen molar-refractivity contribution in [3.63, 3.8) is 0 Å². The number of aliphatic hydroxyl groups is 2. The molecule has 0 aliphatic carbocycles. The summed E-state index contributed by atoms with van der Waals surface area (Å²) in [7, 11) is 0. The number of esters is 1. The quantitative estimate of drug-likeness (QED) is 0.0321. The first-order valence-electron chi connectivity index (χ1n) is 30.6. The third kappa shape index (κ3) is 53.7. The van der Waals surface area contributed by atoms with Crippen molar-refractivity contribution in [1.29, 1.82) is 0 Å². The van der Waals surface area contributed by atoms with Crippen molar-refractivity contribution >= 4 is 11.9 Å². The maximum absolute atomic E-state index is 12.4. The van der Waals surface area contributed by atoms with Gasteiger partial charge in [-0.15, -0.1) is 0 Å². The highest BCUT2D eigenvalue weighted by molar-refractivity contribution is 5.76. The Balaban J connectivity index is 3.36. The van der Waals surface area contributed by atoms with Crippen LogP contribution in [0.1, 0.15) is 335 Å². The van der Waals surface area contributed by atoms with Crippen LogP contribution in [-0.4, -0.2) is 47.4 Å². The lowest BCUT2D eigenvalue weighted by Gasteiger charge is -2.20. The predicted molar refractivity (Wildman–Crippen MR) is 296 cm³/mol. The van der Waals surface area contributed by atoms with Crippen LogP contribution in [-0.2, 0) is 14.3 Å². The molecule has 3 N–H and O–H groups in total. The van der Waals surface area contributed by atoms with Crippen LogP contribution >= 0.6 is 0 Å². The molecule has 0 aliphatic heterocycles. The van der Waals surface area contributed by atoms with Gasteiger partial charge in [-0.05, 0) is 57.8 Å². The number of nitrogens with one attached hydrogen (secondary N) is 1. The lowest BCUT2D eigenvalue weighted by atomic mass is 10.0. The van der Waals surface area contributed by atoms with E-state index in [-0.39, 0.29) is 18.5 Å². The van der Waals surface area contributed by atoms with E-state index in [0.29, 0.717) is 19.4 Å². The van der Waals surface area contributed by atoms with Crippen molar-refractivity contribution in [2.75, 3.05) is 13.2 Å². The molecule has 0 aromatic carbocycles.